The Morgan fingerprint density at radius 2 is 2.15 bits per heavy atom. The van der Waals surface area contributed by atoms with Gasteiger partial charge >= 0.3 is 0 Å². The van der Waals surface area contributed by atoms with Gasteiger partial charge in [0.15, 0.2) is 5.89 Å². The van der Waals surface area contributed by atoms with Crippen molar-refractivity contribution >= 4 is 0 Å². The summed E-state index contributed by atoms with van der Waals surface area (Å²) in [5, 5.41) is 0. The molecule has 1 aromatic rings. The minimum absolute atomic E-state index is 0.430. The molecule has 74 valence electrons. The van der Waals surface area contributed by atoms with Crippen LogP contribution >= 0.6 is 0 Å². The van der Waals surface area contributed by atoms with Crippen molar-refractivity contribution in [1.29, 1.82) is 0 Å². The summed E-state index contributed by atoms with van der Waals surface area (Å²) < 4.78 is 5.56. The summed E-state index contributed by atoms with van der Waals surface area (Å²) in [5.74, 6) is 2.74. The molecule has 2 N–H and O–H groups in total. The van der Waals surface area contributed by atoms with E-state index < -0.39 is 0 Å². The third-order valence-corrected chi connectivity index (χ3v) is 2.38. The lowest BCUT2D eigenvalue weighted by atomic mass is 9.96. The Kier molecular flexibility index (Phi) is 3.48. The van der Waals surface area contributed by atoms with Gasteiger partial charge in [0.25, 0.3) is 0 Å². The maximum absolute atomic E-state index is 5.56. The summed E-state index contributed by atoms with van der Waals surface area (Å²) in [7, 11) is 0. The van der Waals surface area contributed by atoms with Crippen LogP contribution in [0.4, 0.5) is 0 Å². The van der Waals surface area contributed by atoms with Gasteiger partial charge in [-0.1, -0.05) is 20.8 Å². The predicted octanol–water partition coefficient (Wildman–Crippen LogP) is 1.94. The van der Waals surface area contributed by atoms with Gasteiger partial charge in [-0.05, 0) is 5.92 Å². The molecule has 1 aromatic heterocycles. The first-order valence-corrected chi connectivity index (χ1v) is 4.79. The normalized spacial score (nSPS) is 13.6. The molecule has 3 heteroatoms. The summed E-state index contributed by atoms with van der Waals surface area (Å²) in [6, 6.07) is 0. The molecule has 0 aliphatic rings. The van der Waals surface area contributed by atoms with Gasteiger partial charge < -0.3 is 10.2 Å². The molecule has 0 aliphatic carbocycles. The molecular formula is C10H18N2O. The van der Waals surface area contributed by atoms with Crippen molar-refractivity contribution in [1.82, 2.24) is 4.98 Å². The van der Waals surface area contributed by atoms with E-state index in [1.54, 1.807) is 0 Å². The summed E-state index contributed by atoms with van der Waals surface area (Å²) >= 11 is 0. The van der Waals surface area contributed by atoms with Gasteiger partial charge in [0.05, 0.1) is 6.20 Å². The van der Waals surface area contributed by atoms with Crippen LogP contribution < -0.4 is 5.73 Å². The lowest BCUT2D eigenvalue weighted by Crippen LogP contribution is -2.03. The number of nitrogens with two attached hydrogens (primary N) is 1. The molecule has 3 nitrogen and oxygen atoms in total. The van der Waals surface area contributed by atoms with Crippen molar-refractivity contribution in [3.63, 3.8) is 0 Å². The Hall–Kier alpha value is -0.830. The summed E-state index contributed by atoms with van der Waals surface area (Å²) in [6.07, 6.45) is 2.54. The zero-order chi connectivity index (χ0) is 9.84. The molecule has 1 heterocycles. The van der Waals surface area contributed by atoms with E-state index in [-0.39, 0.29) is 0 Å². The monoisotopic (exact) mass is 182 g/mol. The first-order chi connectivity index (χ1) is 6.15. The number of oxazole rings is 1. The molecule has 0 bridgehead atoms. The number of hydrogen-bond acceptors (Lipinski definition) is 3. The van der Waals surface area contributed by atoms with E-state index in [4.69, 9.17) is 10.2 Å². The minimum Gasteiger partial charge on any atom is -0.445 e. The van der Waals surface area contributed by atoms with Gasteiger partial charge in [0, 0.05) is 18.9 Å². The van der Waals surface area contributed by atoms with Crippen molar-refractivity contribution in [3.8, 4) is 0 Å². The summed E-state index contributed by atoms with van der Waals surface area (Å²) in [5.41, 5.74) is 5.41. The van der Waals surface area contributed by atoms with Crippen LogP contribution in [0.3, 0.4) is 0 Å². The van der Waals surface area contributed by atoms with Crippen LogP contribution in [0.5, 0.6) is 0 Å². The number of rotatable bonds is 4. The Labute approximate surface area is 79.3 Å². The minimum atomic E-state index is 0.430. The van der Waals surface area contributed by atoms with Gasteiger partial charge in [-0.25, -0.2) is 4.98 Å². The molecule has 13 heavy (non-hydrogen) atoms. The van der Waals surface area contributed by atoms with Crippen LogP contribution in [0.1, 0.15) is 38.3 Å². The topological polar surface area (TPSA) is 52.0 Å². The molecule has 0 aliphatic heterocycles. The first kappa shape index (κ1) is 10.3. The Morgan fingerprint density at radius 1 is 1.46 bits per heavy atom. The van der Waals surface area contributed by atoms with Crippen molar-refractivity contribution < 1.29 is 4.42 Å². The lowest BCUT2D eigenvalue weighted by Gasteiger charge is -2.10. The zero-order valence-electron chi connectivity index (χ0n) is 8.58. The van der Waals surface area contributed by atoms with Crippen LogP contribution in [-0.2, 0) is 6.42 Å². The van der Waals surface area contributed by atoms with E-state index in [1.165, 1.54) is 0 Å². The van der Waals surface area contributed by atoms with Crippen LogP contribution in [0.2, 0.25) is 0 Å². The molecule has 0 spiro atoms. The van der Waals surface area contributed by atoms with Crippen LogP contribution in [0.15, 0.2) is 10.6 Å². The highest BCUT2D eigenvalue weighted by Gasteiger charge is 2.14. The zero-order valence-corrected chi connectivity index (χ0v) is 8.58. The fourth-order valence-corrected chi connectivity index (χ4v) is 1.10. The molecule has 0 aromatic carbocycles. The van der Waals surface area contributed by atoms with Gasteiger partial charge in [-0.3, -0.25) is 0 Å². The van der Waals surface area contributed by atoms with Crippen molar-refractivity contribution in [2.75, 3.05) is 6.54 Å². The molecular weight excluding hydrogens is 164 g/mol. The Balaban J connectivity index is 2.67. The molecule has 0 radical (unpaired) electrons. The average molecular weight is 182 g/mol. The molecule has 0 fully saturated rings. The van der Waals surface area contributed by atoms with Gasteiger partial charge in [0.2, 0.25) is 0 Å². The predicted molar refractivity (Wildman–Crippen MR) is 52.5 cm³/mol. The standard InChI is InChI=1S/C10H18N2O/c1-7(2)8(3)9-6-12-10(13-9)4-5-11/h6-8H,4-5,11H2,1-3H3. The van der Waals surface area contributed by atoms with Crippen LogP contribution in [-0.4, -0.2) is 11.5 Å². The van der Waals surface area contributed by atoms with Crippen molar-refractivity contribution in [3.05, 3.63) is 17.8 Å². The molecule has 1 rings (SSSR count). The molecule has 1 unspecified atom stereocenters. The van der Waals surface area contributed by atoms with Gasteiger partial charge in [0.1, 0.15) is 5.76 Å². The Morgan fingerprint density at radius 3 is 2.69 bits per heavy atom. The highest BCUT2D eigenvalue weighted by atomic mass is 16.4. The lowest BCUT2D eigenvalue weighted by molar-refractivity contribution is 0.390. The second kappa shape index (κ2) is 4.42. The van der Waals surface area contributed by atoms with E-state index in [1.807, 2.05) is 6.20 Å². The maximum atomic E-state index is 5.56. The molecule has 0 saturated heterocycles. The summed E-state index contributed by atoms with van der Waals surface area (Å²) in [4.78, 5) is 4.16. The Bertz CT molecular complexity index is 255. The van der Waals surface area contributed by atoms with E-state index >= 15 is 0 Å². The van der Waals surface area contributed by atoms with E-state index in [0.717, 1.165) is 18.1 Å². The number of hydrogen-bond donors (Lipinski definition) is 1. The molecule has 1 atom stereocenters. The third kappa shape index (κ3) is 2.56. The largest absolute Gasteiger partial charge is 0.445 e. The first-order valence-electron chi connectivity index (χ1n) is 4.79. The van der Waals surface area contributed by atoms with Gasteiger partial charge in [-0.2, -0.15) is 0 Å². The number of nitrogens with zero attached hydrogens (tertiary/aromatic N) is 1. The summed E-state index contributed by atoms with van der Waals surface area (Å²) in [6.45, 7) is 7.10. The quantitative estimate of drug-likeness (QED) is 0.774. The SMILES string of the molecule is CC(C)C(C)c1cnc(CCN)o1. The van der Waals surface area contributed by atoms with Crippen molar-refractivity contribution in [2.24, 2.45) is 11.7 Å². The second-order valence-electron chi connectivity index (χ2n) is 3.73. The van der Waals surface area contributed by atoms with Gasteiger partial charge in [-0.15, -0.1) is 0 Å². The van der Waals surface area contributed by atoms with Crippen molar-refractivity contribution in [2.45, 2.75) is 33.1 Å². The maximum Gasteiger partial charge on any atom is 0.195 e. The van der Waals surface area contributed by atoms with Crippen LogP contribution in [0, 0.1) is 5.92 Å². The van der Waals surface area contributed by atoms with E-state index in [0.29, 0.717) is 18.4 Å². The molecule has 0 saturated carbocycles. The van der Waals surface area contributed by atoms with Crippen LogP contribution in [0.25, 0.3) is 0 Å². The number of aromatic nitrogens is 1. The smallest absolute Gasteiger partial charge is 0.195 e. The third-order valence-electron chi connectivity index (χ3n) is 2.38. The highest BCUT2D eigenvalue weighted by Crippen LogP contribution is 2.23. The molecule has 0 amide bonds. The highest BCUT2D eigenvalue weighted by molar-refractivity contribution is 5.01. The fraction of sp³-hybridized carbons (Fsp3) is 0.700. The van der Waals surface area contributed by atoms with E-state index in [9.17, 15) is 0 Å². The van der Waals surface area contributed by atoms with E-state index in [2.05, 4.69) is 25.8 Å². The average Bonchev–Trinajstić information content (AvgIpc) is 2.52. The second-order valence-corrected chi connectivity index (χ2v) is 3.73. The fourth-order valence-electron chi connectivity index (χ4n) is 1.10.